The third kappa shape index (κ3) is 49.5. The fraction of sp³-hybridized carbons (Fsp3) is 0.930. The number of ether oxygens (including phenoxy) is 1. The first-order valence-electron chi connectivity index (χ1n) is 29.0. The second-order valence-electron chi connectivity index (χ2n) is 21.2. The van der Waals surface area contributed by atoms with E-state index in [1.165, 1.54) is 199 Å². The molecular formula is C57H113N2O7P. The van der Waals surface area contributed by atoms with Crippen LogP contribution in [0.4, 0.5) is 0 Å². The van der Waals surface area contributed by atoms with E-state index < -0.39 is 20.0 Å². The minimum atomic E-state index is -4.68. The van der Waals surface area contributed by atoms with E-state index >= 15 is 0 Å². The van der Waals surface area contributed by atoms with E-state index in [4.69, 9.17) is 13.8 Å². The number of hydrogen-bond acceptors (Lipinski definition) is 7. The van der Waals surface area contributed by atoms with Crippen molar-refractivity contribution in [3.8, 4) is 0 Å². The molecule has 0 radical (unpaired) electrons. The van der Waals surface area contributed by atoms with Gasteiger partial charge in [0.1, 0.15) is 19.3 Å². The maximum absolute atomic E-state index is 13.4. The lowest BCUT2D eigenvalue weighted by molar-refractivity contribution is -0.870. The van der Waals surface area contributed by atoms with Crippen molar-refractivity contribution < 1.29 is 37.3 Å². The number of nitrogens with one attached hydrogen (secondary N) is 1. The summed E-state index contributed by atoms with van der Waals surface area (Å²) >= 11 is 0. The first-order valence-corrected chi connectivity index (χ1v) is 30.5. The van der Waals surface area contributed by atoms with Gasteiger partial charge in [-0.25, -0.2) is 0 Å². The molecular weight excluding hydrogens is 856 g/mol. The quantitative estimate of drug-likeness (QED) is 0.0212. The van der Waals surface area contributed by atoms with Gasteiger partial charge >= 0.3 is 5.97 Å². The highest BCUT2D eigenvalue weighted by atomic mass is 31.2. The lowest BCUT2D eigenvalue weighted by Gasteiger charge is -2.30. The zero-order valence-corrected chi connectivity index (χ0v) is 46.3. The number of hydrogen-bond donors (Lipinski definition) is 1. The second kappa shape index (κ2) is 48.4. The molecule has 0 heterocycles. The van der Waals surface area contributed by atoms with Crippen molar-refractivity contribution in [2.45, 2.75) is 303 Å². The molecule has 10 heteroatoms. The van der Waals surface area contributed by atoms with Gasteiger partial charge in [-0.05, 0) is 31.8 Å². The molecule has 0 saturated carbocycles. The van der Waals surface area contributed by atoms with Gasteiger partial charge in [0.25, 0.3) is 7.82 Å². The zero-order chi connectivity index (χ0) is 49.4. The third-order valence-corrected chi connectivity index (χ3v) is 14.2. The zero-order valence-electron chi connectivity index (χ0n) is 45.4. The number of carbonyl (C=O) groups excluding carboxylic acids is 2. The summed E-state index contributed by atoms with van der Waals surface area (Å²) in [4.78, 5) is 39.8. The molecule has 0 aromatic rings. The molecule has 0 fully saturated rings. The Bertz CT molecular complexity index is 1160. The average molecular weight is 970 g/mol. The molecule has 0 aromatic heterocycles. The van der Waals surface area contributed by atoms with E-state index in [1.54, 1.807) is 0 Å². The predicted molar refractivity (Wildman–Crippen MR) is 284 cm³/mol. The van der Waals surface area contributed by atoms with Crippen LogP contribution in [0.1, 0.15) is 290 Å². The largest absolute Gasteiger partial charge is 0.756 e. The Hall–Kier alpha value is -1.25. The number of quaternary nitrogens is 1. The van der Waals surface area contributed by atoms with E-state index in [0.29, 0.717) is 17.4 Å². The van der Waals surface area contributed by atoms with Crippen LogP contribution in [0.5, 0.6) is 0 Å². The topological polar surface area (TPSA) is 114 Å². The third-order valence-electron chi connectivity index (χ3n) is 13.2. The summed E-state index contributed by atoms with van der Waals surface area (Å²) in [6.07, 6.45) is 53.1. The first kappa shape index (κ1) is 65.8. The van der Waals surface area contributed by atoms with Crippen LogP contribution in [-0.4, -0.2) is 69.4 Å². The Labute approximate surface area is 416 Å². The monoisotopic (exact) mass is 969 g/mol. The van der Waals surface area contributed by atoms with Gasteiger partial charge in [-0.3, -0.25) is 14.2 Å². The van der Waals surface area contributed by atoms with Crippen molar-refractivity contribution in [2.24, 2.45) is 0 Å². The number of esters is 1. The number of phosphoric acid groups is 1. The van der Waals surface area contributed by atoms with Crippen LogP contribution >= 0.6 is 7.82 Å². The standard InChI is InChI=1S/C57H113N2O7P/c1-7-10-13-16-19-22-25-27-28-29-30-32-35-38-41-44-47-50-57(61)66-55(48-45-42-39-36-33-24-21-18-15-12-9-3)54(53-65-67(62,63)64-52-51-59(4,5)6)58-56(60)49-46-43-40-37-34-31-26-23-20-17-14-11-8-2/h45,48,54-55H,7-44,46-47,49-53H2,1-6H3,(H-,58,60,62,63)/b48-45+. The molecule has 0 saturated heterocycles. The molecule has 0 rings (SSSR count). The number of likely N-dealkylation sites (N-methyl/N-ethyl adjacent to an activating group) is 1. The number of carbonyl (C=O) groups is 2. The molecule has 0 aromatic carbocycles. The van der Waals surface area contributed by atoms with Gasteiger partial charge in [0.15, 0.2) is 0 Å². The molecule has 0 aliphatic heterocycles. The van der Waals surface area contributed by atoms with Gasteiger partial charge in [0, 0.05) is 12.8 Å². The maximum Gasteiger partial charge on any atom is 0.306 e. The maximum atomic E-state index is 13.4. The summed E-state index contributed by atoms with van der Waals surface area (Å²) < 4.78 is 30.2. The van der Waals surface area contributed by atoms with Crippen LogP contribution in [0.15, 0.2) is 12.2 Å². The van der Waals surface area contributed by atoms with Gasteiger partial charge in [0.05, 0.1) is 33.8 Å². The summed E-state index contributed by atoms with van der Waals surface area (Å²) in [6, 6.07) is -0.877. The number of unbranched alkanes of at least 4 members (excludes halogenated alkanes) is 37. The van der Waals surface area contributed by atoms with Crippen molar-refractivity contribution in [1.82, 2.24) is 5.32 Å². The molecule has 0 aliphatic carbocycles. The van der Waals surface area contributed by atoms with Crippen molar-refractivity contribution in [3.63, 3.8) is 0 Å². The molecule has 3 atom stereocenters. The molecule has 398 valence electrons. The molecule has 67 heavy (non-hydrogen) atoms. The van der Waals surface area contributed by atoms with Crippen LogP contribution in [0, 0.1) is 0 Å². The lowest BCUT2D eigenvalue weighted by Crippen LogP contribution is -2.47. The van der Waals surface area contributed by atoms with E-state index in [1.807, 2.05) is 33.3 Å². The van der Waals surface area contributed by atoms with Crippen molar-refractivity contribution in [3.05, 3.63) is 12.2 Å². The number of allylic oxidation sites excluding steroid dienone is 1. The van der Waals surface area contributed by atoms with Crippen LogP contribution in [0.25, 0.3) is 0 Å². The Morgan fingerprint density at radius 3 is 1.22 bits per heavy atom. The molecule has 1 amide bonds. The number of amides is 1. The highest BCUT2D eigenvalue weighted by Gasteiger charge is 2.27. The van der Waals surface area contributed by atoms with E-state index in [9.17, 15) is 19.0 Å². The number of nitrogens with zero attached hydrogens (tertiary/aromatic N) is 1. The van der Waals surface area contributed by atoms with Crippen LogP contribution in [0.3, 0.4) is 0 Å². The summed E-state index contributed by atoms with van der Waals surface area (Å²) in [6.45, 7) is 6.87. The van der Waals surface area contributed by atoms with Crippen LogP contribution in [0.2, 0.25) is 0 Å². The van der Waals surface area contributed by atoms with Gasteiger partial charge in [-0.1, -0.05) is 258 Å². The first-order chi connectivity index (χ1) is 32.4. The number of phosphoric ester groups is 1. The number of rotatable bonds is 53. The molecule has 9 nitrogen and oxygen atoms in total. The highest BCUT2D eigenvalue weighted by molar-refractivity contribution is 7.45. The van der Waals surface area contributed by atoms with E-state index in [2.05, 4.69) is 26.1 Å². The van der Waals surface area contributed by atoms with Gasteiger partial charge in [0.2, 0.25) is 5.91 Å². The smallest absolute Gasteiger partial charge is 0.306 e. The van der Waals surface area contributed by atoms with Gasteiger partial charge in [-0.15, -0.1) is 0 Å². The minimum Gasteiger partial charge on any atom is -0.756 e. The summed E-state index contributed by atoms with van der Waals surface area (Å²) in [5, 5.41) is 3.02. The van der Waals surface area contributed by atoms with E-state index in [-0.39, 0.29) is 31.5 Å². The van der Waals surface area contributed by atoms with E-state index in [0.717, 1.165) is 57.8 Å². The predicted octanol–water partition coefficient (Wildman–Crippen LogP) is 16.6. The SMILES string of the molecule is CCCCCCCCCCC/C=C/C(OC(=O)CCCCCCCCCCCCCCCCCCC)C(COP(=O)([O-])OCC[N+](C)(C)C)NC(=O)CCCCCCCCCCCCCCC. The fourth-order valence-electron chi connectivity index (χ4n) is 8.70. The molecule has 3 unspecified atom stereocenters. The van der Waals surface area contributed by atoms with Gasteiger partial charge in [-0.2, -0.15) is 0 Å². The molecule has 1 N–H and O–H groups in total. The van der Waals surface area contributed by atoms with Gasteiger partial charge < -0.3 is 28.5 Å². The summed E-state index contributed by atoms with van der Waals surface area (Å²) in [5.74, 6) is -0.524. The average Bonchev–Trinajstić information content (AvgIpc) is 3.28. The second-order valence-corrected chi connectivity index (χ2v) is 22.6. The Balaban J connectivity index is 5.25. The summed E-state index contributed by atoms with van der Waals surface area (Å²) in [7, 11) is 1.20. The Morgan fingerprint density at radius 2 is 0.851 bits per heavy atom. The van der Waals surface area contributed by atoms with Crippen molar-refractivity contribution >= 4 is 19.7 Å². The molecule has 0 bridgehead atoms. The van der Waals surface area contributed by atoms with Crippen molar-refractivity contribution in [2.75, 3.05) is 40.9 Å². The fourth-order valence-corrected chi connectivity index (χ4v) is 9.42. The lowest BCUT2D eigenvalue weighted by atomic mass is 10.0. The molecule has 0 spiro atoms. The van der Waals surface area contributed by atoms with Crippen LogP contribution < -0.4 is 10.2 Å². The Kier molecular flexibility index (Phi) is 47.5. The summed E-state index contributed by atoms with van der Waals surface area (Å²) in [5.41, 5.74) is 0. The van der Waals surface area contributed by atoms with Crippen LogP contribution in [-0.2, 0) is 27.9 Å². The van der Waals surface area contributed by atoms with Crippen molar-refractivity contribution in [1.29, 1.82) is 0 Å². The Morgan fingerprint density at radius 1 is 0.507 bits per heavy atom. The molecule has 0 aliphatic rings. The highest BCUT2D eigenvalue weighted by Crippen LogP contribution is 2.38. The minimum absolute atomic E-state index is 0.0171. The normalized spacial score (nSPS) is 13.8.